The number of fused-ring (bicyclic) bond motifs is 5. The highest BCUT2D eigenvalue weighted by atomic mass is 16.1. The van der Waals surface area contributed by atoms with Gasteiger partial charge in [0.2, 0.25) is 5.91 Å². The van der Waals surface area contributed by atoms with Gasteiger partial charge in [-0.05, 0) is 68.6 Å². The first-order valence-corrected chi connectivity index (χ1v) is 10.1. The summed E-state index contributed by atoms with van der Waals surface area (Å²) < 4.78 is 0. The number of nitrogens with zero attached hydrogens (tertiary/aromatic N) is 1. The second-order valence-electron chi connectivity index (χ2n) is 9.60. The van der Waals surface area contributed by atoms with E-state index >= 15 is 0 Å². The highest BCUT2D eigenvalue weighted by Crippen LogP contribution is 2.63. The van der Waals surface area contributed by atoms with Gasteiger partial charge in [0.15, 0.2) is 0 Å². The molecule has 3 heteroatoms. The van der Waals surface area contributed by atoms with E-state index in [4.69, 9.17) is 5.73 Å². The summed E-state index contributed by atoms with van der Waals surface area (Å²) in [5.74, 6) is 2.43. The predicted octanol–water partition coefficient (Wildman–Crippen LogP) is 3.73. The molecule has 1 aliphatic heterocycles. The predicted molar refractivity (Wildman–Crippen MR) is 97.3 cm³/mol. The second-order valence-corrected chi connectivity index (χ2v) is 9.60. The van der Waals surface area contributed by atoms with Crippen LogP contribution >= 0.6 is 0 Å². The van der Waals surface area contributed by atoms with E-state index in [0.29, 0.717) is 11.5 Å². The van der Waals surface area contributed by atoms with Gasteiger partial charge in [-0.15, -0.1) is 0 Å². The van der Waals surface area contributed by atoms with Gasteiger partial charge in [0.25, 0.3) is 0 Å². The molecule has 0 aromatic rings. The molecule has 4 rings (SSSR count). The third-order valence-corrected chi connectivity index (χ3v) is 8.61. The Hall–Kier alpha value is -0.830. The molecular weight excluding hydrogens is 296 g/mol. The summed E-state index contributed by atoms with van der Waals surface area (Å²) in [5, 5.41) is 0. The van der Waals surface area contributed by atoms with E-state index < -0.39 is 0 Å². The first kappa shape index (κ1) is 16.6. The number of rotatable bonds is 2. The Bertz CT molecular complexity index is 558. The highest BCUT2D eigenvalue weighted by Gasteiger charge is 2.58. The summed E-state index contributed by atoms with van der Waals surface area (Å²) in [6.07, 6.45) is 14.5. The molecule has 24 heavy (non-hydrogen) atoms. The van der Waals surface area contributed by atoms with Crippen LogP contribution in [-0.4, -0.2) is 29.4 Å². The average Bonchev–Trinajstić information content (AvgIpc) is 2.94. The minimum atomic E-state index is -0.179. The number of carbonyl (C=O) groups excluding carboxylic acids is 1. The zero-order chi connectivity index (χ0) is 17.1. The Morgan fingerprint density at radius 2 is 1.96 bits per heavy atom. The zero-order valence-electron chi connectivity index (χ0n) is 15.6. The van der Waals surface area contributed by atoms with Crippen molar-refractivity contribution >= 4 is 5.91 Å². The van der Waals surface area contributed by atoms with Crippen LogP contribution in [0.4, 0.5) is 0 Å². The summed E-state index contributed by atoms with van der Waals surface area (Å²) >= 11 is 0. The van der Waals surface area contributed by atoms with Gasteiger partial charge in [0.05, 0.1) is 6.04 Å². The third-order valence-electron chi connectivity index (χ3n) is 8.61. The van der Waals surface area contributed by atoms with Gasteiger partial charge in [0, 0.05) is 18.0 Å². The Morgan fingerprint density at radius 1 is 1.17 bits per heavy atom. The molecule has 1 heterocycles. The van der Waals surface area contributed by atoms with Crippen molar-refractivity contribution in [3.05, 3.63) is 12.2 Å². The van der Waals surface area contributed by atoms with E-state index in [1.54, 1.807) is 0 Å². The Morgan fingerprint density at radius 3 is 2.71 bits per heavy atom. The molecule has 0 spiro atoms. The fourth-order valence-electron chi connectivity index (χ4n) is 7.27. The standard InChI is InChI=1S/C21H34N2O/c1-14(19(22)24)23-13-5-11-21(3)17-9-12-20(2)10-4-6-16(20)15(17)7-8-18(21)23/h5,11,14-18H,4,6-10,12-13H2,1-3H3,(H2,22,24)/t14?,15-,16-,17+,18?,20-,21+/m0/s1. The molecule has 1 amide bonds. The molecular formula is C21H34N2O. The number of hydrogen-bond donors (Lipinski definition) is 1. The monoisotopic (exact) mass is 330 g/mol. The number of amides is 1. The number of nitrogens with two attached hydrogens (primary N) is 1. The molecule has 0 radical (unpaired) electrons. The van der Waals surface area contributed by atoms with E-state index in [2.05, 4.69) is 30.9 Å². The van der Waals surface area contributed by atoms with Gasteiger partial charge >= 0.3 is 0 Å². The van der Waals surface area contributed by atoms with E-state index in [-0.39, 0.29) is 17.4 Å². The van der Waals surface area contributed by atoms with E-state index in [9.17, 15) is 4.79 Å². The van der Waals surface area contributed by atoms with Crippen molar-refractivity contribution in [1.29, 1.82) is 0 Å². The van der Waals surface area contributed by atoms with E-state index in [1.807, 2.05) is 6.92 Å². The van der Waals surface area contributed by atoms with Crippen molar-refractivity contribution in [3.63, 3.8) is 0 Å². The Balaban J connectivity index is 1.64. The lowest BCUT2D eigenvalue weighted by Gasteiger charge is -2.60. The maximum atomic E-state index is 11.8. The molecule has 0 aromatic carbocycles. The van der Waals surface area contributed by atoms with Crippen molar-refractivity contribution in [1.82, 2.24) is 4.90 Å². The second kappa shape index (κ2) is 5.59. The lowest BCUT2D eigenvalue weighted by molar-refractivity contribution is -0.129. The molecule has 4 aliphatic rings. The lowest BCUT2D eigenvalue weighted by atomic mass is 9.48. The minimum absolute atomic E-state index is 0.156. The van der Waals surface area contributed by atoms with Crippen LogP contribution in [0.5, 0.6) is 0 Å². The van der Waals surface area contributed by atoms with Crippen LogP contribution in [-0.2, 0) is 4.79 Å². The first-order chi connectivity index (χ1) is 11.4. The van der Waals surface area contributed by atoms with Gasteiger partial charge < -0.3 is 5.73 Å². The Labute approximate surface area is 147 Å². The largest absolute Gasteiger partial charge is 0.368 e. The van der Waals surface area contributed by atoms with Gasteiger partial charge in [-0.1, -0.05) is 32.4 Å². The Kier molecular flexibility index (Phi) is 3.87. The summed E-state index contributed by atoms with van der Waals surface area (Å²) in [6.45, 7) is 7.90. The van der Waals surface area contributed by atoms with Gasteiger partial charge in [0.1, 0.15) is 0 Å². The van der Waals surface area contributed by atoms with Crippen molar-refractivity contribution < 1.29 is 4.79 Å². The highest BCUT2D eigenvalue weighted by molar-refractivity contribution is 5.79. The molecule has 3 fully saturated rings. The number of hydrogen-bond acceptors (Lipinski definition) is 2. The quantitative estimate of drug-likeness (QED) is 0.784. The molecule has 3 nitrogen and oxygen atoms in total. The van der Waals surface area contributed by atoms with Crippen LogP contribution < -0.4 is 5.73 Å². The lowest BCUT2D eigenvalue weighted by Crippen LogP contribution is -2.62. The zero-order valence-corrected chi connectivity index (χ0v) is 15.6. The summed E-state index contributed by atoms with van der Waals surface area (Å²) in [7, 11) is 0. The van der Waals surface area contributed by atoms with Gasteiger partial charge in [-0.25, -0.2) is 0 Å². The third kappa shape index (κ3) is 2.23. The van der Waals surface area contributed by atoms with Crippen molar-refractivity contribution in [2.75, 3.05) is 6.54 Å². The maximum absolute atomic E-state index is 11.8. The normalized spacial score (nSPS) is 49.1. The van der Waals surface area contributed by atoms with Gasteiger partial charge in [-0.2, -0.15) is 0 Å². The fourth-order valence-corrected chi connectivity index (χ4v) is 7.27. The molecule has 2 unspecified atom stereocenters. The fraction of sp³-hybridized carbons (Fsp3) is 0.857. The van der Waals surface area contributed by atoms with Gasteiger partial charge in [-0.3, -0.25) is 9.69 Å². The van der Waals surface area contributed by atoms with Crippen LogP contribution in [0, 0.1) is 28.6 Å². The smallest absolute Gasteiger partial charge is 0.234 e. The van der Waals surface area contributed by atoms with E-state index in [0.717, 1.165) is 24.3 Å². The molecule has 0 aromatic heterocycles. The van der Waals surface area contributed by atoms with Crippen LogP contribution in [0.25, 0.3) is 0 Å². The minimum Gasteiger partial charge on any atom is -0.368 e. The molecule has 0 bridgehead atoms. The molecule has 7 atom stereocenters. The topological polar surface area (TPSA) is 46.3 Å². The summed E-state index contributed by atoms with van der Waals surface area (Å²) in [5.41, 5.74) is 6.48. The molecule has 3 aliphatic carbocycles. The maximum Gasteiger partial charge on any atom is 0.234 e. The van der Waals surface area contributed by atoms with Crippen LogP contribution in [0.15, 0.2) is 12.2 Å². The first-order valence-electron chi connectivity index (χ1n) is 10.1. The van der Waals surface area contributed by atoms with Crippen LogP contribution in [0.3, 0.4) is 0 Å². The van der Waals surface area contributed by atoms with Crippen LogP contribution in [0.2, 0.25) is 0 Å². The summed E-state index contributed by atoms with van der Waals surface area (Å²) in [4.78, 5) is 14.2. The van der Waals surface area contributed by atoms with Crippen LogP contribution in [0.1, 0.15) is 65.7 Å². The number of carbonyl (C=O) groups is 1. The average molecular weight is 331 g/mol. The van der Waals surface area contributed by atoms with E-state index in [1.165, 1.54) is 44.9 Å². The molecule has 2 N–H and O–H groups in total. The molecule has 134 valence electrons. The SMILES string of the molecule is CC(C(N)=O)N1CC=C[C@@]2(C)C1CC[C@@H]1[C@H]2CC[C@]2(C)CCC[C@@H]12. The van der Waals surface area contributed by atoms with Crippen molar-refractivity contribution in [2.45, 2.75) is 77.8 Å². The van der Waals surface area contributed by atoms with Crippen molar-refractivity contribution in [3.8, 4) is 0 Å². The van der Waals surface area contributed by atoms with Crippen molar-refractivity contribution in [2.24, 2.45) is 34.3 Å². The molecule has 3 saturated carbocycles. The molecule has 0 saturated heterocycles. The number of primary amides is 1. The summed E-state index contributed by atoms with van der Waals surface area (Å²) in [6, 6.07) is 0.327.